The molecule has 0 aromatic carbocycles. The summed E-state index contributed by atoms with van der Waals surface area (Å²) in [6.07, 6.45) is -3.77. The van der Waals surface area contributed by atoms with Gasteiger partial charge in [-0.15, -0.1) is 5.10 Å². The van der Waals surface area contributed by atoms with E-state index in [1.165, 1.54) is 0 Å². The highest BCUT2D eigenvalue weighted by molar-refractivity contribution is 7.48. The zero-order valence-corrected chi connectivity index (χ0v) is 13.2. The number of carbonyl (C=O) groups is 1. The Morgan fingerprint density at radius 2 is 2.09 bits per heavy atom. The summed E-state index contributed by atoms with van der Waals surface area (Å²) < 4.78 is 32.3. The van der Waals surface area contributed by atoms with Gasteiger partial charge in [-0.25, -0.2) is 14.2 Å². The van der Waals surface area contributed by atoms with Crippen molar-refractivity contribution in [3.63, 3.8) is 0 Å². The molecule has 1 saturated heterocycles. The number of amides is 1. The van der Waals surface area contributed by atoms with Crippen molar-refractivity contribution < 1.29 is 37.9 Å². The average molecular weight is 352 g/mol. The topological polar surface area (TPSA) is 168 Å². The average Bonchev–Trinajstić information content (AvgIpc) is 3.12. The molecule has 1 aliphatic heterocycles. The van der Waals surface area contributed by atoms with E-state index >= 15 is 0 Å². The summed E-state index contributed by atoms with van der Waals surface area (Å²) in [6, 6.07) is 0. The quantitative estimate of drug-likeness (QED) is 0.487. The highest BCUT2D eigenvalue weighted by atomic mass is 31.2. The lowest BCUT2D eigenvalue weighted by Gasteiger charge is -2.18. The van der Waals surface area contributed by atoms with Crippen molar-refractivity contribution in [1.82, 2.24) is 14.8 Å². The number of nitrogens with two attached hydrogens (primary N) is 1. The summed E-state index contributed by atoms with van der Waals surface area (Å²) in [5, 5.41) is 23.7. The number of hydrogen-bond acceptors (Lipinski definition) is 10. The van der Waals surface area contributed by atoms with E-state index in [9.17, 15) is 19.6 Å². The molecule has 1 aromatic rings. The third kappa shape index (κ3) is 3.75. The minimum absolute atomic E-state index is 0.266. The second-order valence-corrected chi connectivity index (χ2v) is 6.45. The van der Waals surface area contributed by atoms with E-state index in [0.717, 1.165) is 25.2 Å². The Labute approximate surface area is 130 Å². The maximum atomic E-state index is 11.8. The molecule has 0 bridgehead atoms. The second-order valence-electron chi connectivity index (χ2n) is 4.57. The van der Waals surface area contributed by atoms with Crippen molar-refractivity contribution >= 4 is 13.7 Å². The molecule has 23 heavy (non-hydrogen) atoms. The van der Waals surface area contributed by atoms with E-state index in [2.05, 4.69) is 19.1 Å². The Bertz CT molecular complexity index is 601. The molecule has 1 fully saturated rings. The number of hydrogen-bond donors (Lipinski definition) is 3. The number of aromatic nitrogens is 3. The molecular weight excluding hydrogens is 335 g/mol. The fraction of sp³-hybridized carbons (Fsp3) is 0.700. The first-order valence-corrected chi connectivity index (χ1v) is 7.86. The molecule has 0 radical (unpaired) electrons. The third-order valence-corrected chi connectivity index (χ3v) is 4.53. The lowest BCUT2D eigenvalue weighted by molar-refractivity contribution is -0.0590. The van der Waals surface area contributed by atoms with Crippen LogP contribution in [0.25, 0.3) is 0 Å². The lowest BCUT2D eigenvalue weighted by Crippen LogP contribution is -2.33. The Kier molecular flexibility index (Phi) is 5.47. The Morgan fingerprint density at radius 1 is 1.43 bits per heavy atom. The van der Waals surface area contributed by atoms with Crippen molar-refractivity contribution in [2.75, 3.05) is 20.8 Å². The molecule has 2 heterocycles. The monoisotopic (exact) mass is 352 g/mol. The van der Waals surface area contributed by atoms with Crippen molar-refractivity contribution in [3.8, 4) is 0 Å². The first-order valence-electron chi connectivity index (χ1n) is 6.40. The van der Waals surface area contributed by atoms with Gasteiger partial charge in [0, 0.05) is 14.2 Å². The SMILES string of the molecule is COP(=O)(OC)OCC1O[C@@H](n2cnc(C(N)=O)n2)[C@H](O)[C@@H]1O. The molecule has 1 amide bonds. The molecular formula is C10H17N4O8P. The zero-order valence-electron chi connectivity index (χ0n) is 12.3. The molecule has 13 heteroatoms. The van der Waals surface area contributed by atoms with Crippen molar-refractivity contribution in [3.05, 3.63) is 12.2 Å². The van der Waals surface area contributed by atoms with Crippen LogP contribution in [-0.4, -0.2) is 70.0 Å². The maximum absolute atomic E-state index is 11.8. The van der Waals surface area contributed by atoms with Crippen LogP contribution >= 0.6 is 7.82 Å². The normalized spacial score (nSPS) is 28.2. The van der Waals surface area contributed by atoms with Crippen LogP contribution in [0.15, 0.2) is 6.33 Å². The van der Waals surface area contributed by atoms with Crippen LogP contribution in [0.3, 0.4) is 0 Å². The molecule has 4 N–H and O–H groups in total. The predicted octanol–water partition coefficient (Wildman–Crippen LogP) is -1.59. The van der Waals surface area contributed by atoms with Crippen LogP contribution in [0.1, 0.15) is 16.8 Å². The molecule has 2 rings (SSSR count). The van der Waals surface area contributed by atoms with Crippen LogP contribution in [-0.2, 0) is 22.9 Å². The number of nitrogens with zero attached hydrogens (tertiary/aromatic N) is 3. The van der Waals surface area contributed by atoms with Crippen LogP contribution < -0.4 is 5.73 Å². The van der Waals surface area contributed by atoms with Gasteiger partial charge in [0.05, 0.1) is 6.61 Å². The lowest BCUT2D eigenvalue weighted by atomic mass is 10.1. The van der Waals surface area contributed by atoms with Crippen LogP contribution in [0, 0.1) is 0 Å². The summed E-state index contributed by atoms with van der Waals surface area (Å²) in [6.45, 7) is -0.370. The van der Waals surface area contributed by atoms with Crippen molar-refractivity contribution in [1.29, 1.82) is 0 Å². The number of carbonyl (C=O) groups excluding carboxylic acids is 1. The van der Waals surface area contributed by atoms with Gasteiger partial charge in [-0.2, -0.15) is 0 Å². The Balaban J connectivity index is 2.05. The number of aliphatic hydroxyl groups is 2. The molecule has 1 aliphatic rings. The van der Waals surface area contributed by atoms with E-state index in [1.54, 1.807) is 0 Å². The van der Waals surface area contributed by atoms with Gasteiger partial charge < -0.3 is 20.7 Å². The smallest absolute Gasteiger partial charge is 0.387 e. The molecule has 0 saturated carbocycles. The van der Waals surface area contributed by atoms with E-state index in [-0.39, 0.29) is 12.4 Å². The van der Waals surface area contributed by atoms with Gasteiger partial charge in [0.15, 0.2) is 6.23 Å². The summed E-state index contributed by atoms with van der Waals surface area (Å²) in [5.41, 5.74) is 5.03. The minimum Gasteiger partial charge on any atom is -0.387 e. The van der Waals surface area contributed by atoms with Gasteiger partial charge in [0.2, 0.25) is 5.82 Å². The van der Waals surface area contributed by atoms with Gasteiger partial charge in [-0.3, -0.25) is 18.4 Å². The summed E-state index contributed by atoms with van der Waals surface area (Å²) in [5.74, 6) is -1.11. The molecule has 0 aliphatic carbocycles. The molecule has 0 spiro atoms. The van der Waals surface area contributed by atoms with Crippen LogP contribution in [0.4, 0.5) is 0 Å². The van der Waals surface area contributed by atoms with Gasteiger partial charge in [-0.05, 0) is 0 Å². The fourth-order valence-electron chi connectivity index (χ4n) is 1.94. The first kappa shape index (κ1) is 17.9. The largest absolute Gasteiger partial charge is 0.474 e. The van der Waals surface area contributed by atoms with Crippen LogP contribution in [0.5, 0.6) is 0 Å². The third-order valence-electron chi connectivity index (χ3n) is 3.17. The van der Waals surface area contributed by atoms with Gasteiger partial charge in [-0.1, -0.05) is 0 Å². The van der Waals surface area contributed by atoms with E-state index in [1.807, 2.05) is 0 Å². The zero-order chi connectivity index (χ0) is 17.2. The number of rotatable bonds is 7. The van der Waals surface area contributed by atoms with Gasteiger partial charge >= 0.3 is 7.82 Å². The maximum Gasteiger partial charge on any atom is 0.474 e. The molecule has 1 aromatic heterocycles. The number of phosphoric acid groups is 1. The standard InChI is InChI=1S/C10H17N4O8P/c1-19-23(18,20-2)21-3-5-6(15)7(16)10(22-5)14-4-12-9(13-14)8(11)17/h4-7,10,15-16H,3H2,1-2H3,(H2,11,17)/t5?,6-,7-,10-/m1/s1. The summed E-state index contributed by atoms with van der Waals surface area (Å²) in [4.78, 5) is 14.6. The Hall–Kier alpha value is -1.40. The molecule has 130 valence electrons. The highest BCUT2D eigenvalue weighted by Gasteiger charge is 2.45. The van der Waals surface area contributed by atoms with Crippen LogP contribution in [0.2, 0.25) is 0 Å². The van der Waals surface area contributed by atoms with Gasteiger partial charge in [0.25, 0.3) is 5.91 Å². The molecule has 4 atom stereocenters. The van der Waals surface area contributed by atoms with Crippen molar-refractivity contribution in [2.45, 2.75) is 24.5 Å². The highest BCUT2D eigenvalue weighted by Crippen LogP contribution is 2.48. The molecule has 1 unspecified atom stereocenters. The second kappa shape index (κ2) is 7.01. The van der Waals surface area contributed by atoms with Crippen molar-refractivity contribution in [2.24, 2.45) is 5.73 Å². The number of phosphoric ester groups is 1. The van der Waals surface area contributed by atoms with E-state index < -0.39 is 38.3 Å². The van der Waals surface area contributed by atoms with E-state index in [4.69, 9.17) is 15.0 Å². The van der Waals surface area contributed by atoms with Gasteiger partial charge in [0.1, 0.15) is 24.6 Å². The first-order chi connectivity index (χ1) is 10.8. The van der Waals surface area contributed by atoms with E-state index in [0.29, 0.717) is 0 Å². The number of ether oxygens (including phenoxy) is 1. The number of primary amides is 1. The fourth-order valence-corrected chi connectivity index (χ4v) is 2.63. The number of aliphatic hydroxyl groups excluding tert-OH is 2. The molecule has 12 nitrogen and oxygen atoms in total. The predicted molar refractivity (Wildman–Crippen MR) is 72.0 cm³/mol. The summed E-state index contributed by atoms with van der Waals surface area (Å²) >= 11 is 0. The minimum atomic E-state index is -3.75. The summed E-state index contributed by atoms with van der Waals surface area (Å²) in [7, 11) is -1.48. The Morgan fingerprint density at radius 3 is 2.61 bits per heavy atom.